The molecule has 1 aromatic rings. The fourth-order valence-electron chi connectivity index (χ4n) is 6.05. The minimum atomic E-state index is -0.727. The van der Waals surface area contributed by atoms with Crippen molar-refractivity contribution in [2.75, 3.05) is 25.0 Å². The second-order valence-electron chi connectivity index (χ2n) is 11.8. The number of aromatic nitrogens is 1. The monoisotopic (exact) mass is 547 g/mol. The molecule has 0 spiro atoms. The van der Waals surface area contributed by atoms with Crippen LogP contribution in [0.5, 0.6) is 5.75 Å². The molecule has 1 aliphatic carbocycles. The summed E-state index contributed by atoms with van der Waals surface area (Å²) in [7, 11) is 0. The third-order valence-electron chi connectivity index (χ3n) is 7.80. The van der Waals surface area contributed by atoms with Crippen molar-refractivity contribution in [3.05, 3.63) is 18.1 Å². The van der Waals surface area contributed by atoms with Gasteiger partial charge < -0.3 is 30.3 Å². The number of anilines is 1. The van der Waals surface area contributed by atoms with E-state index in [4.69, 9.17) is 4.74 Å². The maximum Gasteiger partial charge on any atom is 0.408 e. The number of carbonyl (C=O) groups excluding carboxylic acids is 4. The summed E-state index contributed by atoms with van der Waals surface area (Å²) in [5, 5.41) is 14.9. The zero-order chi connectivity index (χ0) is 28.5. The smallest absolute Gasteiger partial charge is 0.408 e. The molecule has 3 aliphatic rings. The molecule has 5 atom stereocenters. The Labute approximate surface area is 227 Å². The van der Waals surface area contributed by atoms with Crippen LogP contribution in [0.2, 0.25) is 0 Å². The third-order valence-corrected chi connectivity index (χ3v) is 7.80. The molecule has 2 saturated heterocycles. The normalized spacial score (nSPS) is 26.6. The summed E-state index contributed by atoms with van der Waals surface area (Å²) in [6, 6.07) is -0.0440. The lowest BCUT2D eigenvalue weighted by Gasteiger charge is -2.34. The third kappa shape index (κ3) is 6.59. The topological polar surface area (TPSA) is 141 Å². The predicted octanol–water partition coefficient (Wildman–Crippen LogP) is 2.64. The van der Waals surface area contributed by atoms with Crippen molar-refractivity contribution >= 4 is 29.6 Å². The zero-order valence-corrected chi connectivity index (χ0v) is 22.9. The lowest BCUT2D eigenvalue weighted by molar-refractivity contribution is -0.145. The number of likely N-dealkylation sites (tertiary alicyclic amines) is 2. The van der Waals surface area contributed by atoms with E-state index in [9.17, 15) is 28.7 Å². The van der Waals surface area contributed by atoms with Crippen molar-refractivity contribution < 1.29 is 33.4 Å². The molecule has 0 aromatic carbocycles. The molecule has 1 saturated carbocycles. The van der Waals surface area contributed by atoms with Crippen molar-refractivity contribution in [2.45, 2.75) is 77.5 Å². The second-order valence-corrected chi connectivity index (χ2v) is 11.8. The summed E-state index contributed by atoms with van der Waals surface area (Å²) >= 11 is 0. The molecule has 3 fully saturated rings. The summed E-state index contributed by atoms with van der Waals surface area (Å²) in [6.45, 7) is 7.40. The van der Waals surface area contributed by atoms with Gasteiger partial charge in [0, 0.05) is 25.2 Å². The van der Waals surface area contributed by atoms with E-state index in [1.54, 1.807) is 30.6 Å². The van der Waals surface area contributed by atoms with Gasteiger partial charge in [0.15, 0.2) is 11.6 Å². The first-order chi connectivity index (χ1) is 18.3. The summed E-state index contributed by atoms with van der Waals surface area (Å²) < 4.78 is 18.5. The molecular formula is C27H38FN5O6. The quantitative estimate of drug-likeness (QED) is 0.515. The van der Waals surface area contributed by atoms with E-state index in [-0.39, 0.29) is 48.6 Å². The molecular weight excluding hydrogens is 509 g/mol. The van der Waals surface area contributed by atoms with Crippen LogP contribution in [0.4, 0.5) is 15.0 Å². The SMILES string of the molecule is CC1CC(C(=O)Nc2ncc(F)cc2O)CN1C(=O)[C@@H]1C2CCCCC2CN1C(=O)CNC(=O)OC(C)(C)C. The van der Waals surface area contributed by atoms with E-state index >= 15 is 0 Å². The van der Waals surface area contributed by atoms with Gasteiger partial charge in [-0.3, -0.25) is 14.4 Å². The molecule has 3 heterocycles. The Morgan fingerprint density at radius 1 is 1.15 bits per heavy atom. The van der Waals surface area contributed by atoms with E-state index in [0.717, 1.165) is 37.9 Å². The van der Waals surface area contributed by atoms with Crippen LogP contribution in [0, 0.1) is 23.6 Å². The molecule has 0 bridgehead atoms. The highest BCUT2D eigenvalue weighted by molar-refractivity contribution is 5.95. The Kier molecular flexibility index (Phi) is 8.31. The van der Waals surface area contributed by atoms with E-state index in [1.807, 2.05) is 6.92 Å². The Balaban J connectivity index is 1.44. The van der Waals surface area contributed by atoms with Crippen molar-refractivity contribution in [1.82, 2.24) is 20.1 Å². The van der Waals surface area contributed by atoms with Crippen LogP contribution in [-0.2, 0) is 19.1 Å². The lowest BCUT2D eigenvalue weighted by Crippen LogP contribution is -2.53. The molecule has 4 unspecified atom stereocenters. The number of ether oxygens (including phenoxy) is 1. The number of amides is 4. The molecule has 11 nitrogen and oxygen atoms in total. The van der Waals surface area contributed by atoms with Crippen LogP contribution in [-0.4, -0.2) is 81.0 Å². The Morgan fingerprint density at radius 3 is 2.56 bits per heavy atom. The predicted molar refractivity (Wildman–Crippen MR) is 139 cm³/mol. The fraction of sp³-hybridized carbons (Fsp3) is 0.667. The Bertz CT molecular complexity index is 1120. The minimum Gasteiger partial charge on any atom is -0.504 e. The van der Waals surface area contributed by atoms with Gasteiger partial charge in [0.05, 0.1) is 12.1 Å². The Hall–Kier alpha value is -3.44. The van der Waals surface area contributed by atoms with Gasteiger partial charge in [0.2, 0.25) is 17.7 Å². The van der Waals surface area contributed by atoms with Crippen molar-refractivity contribution in [2.24, 2.45) is 17.8 Å². The molecule has 0 radical (unpaired) electrons. The standard InChI is InChI=1S/C27H38FN5O6/c1-15-9-17(24(36)31-23-20(34)10-18(28)11-29-23)14-32(15)25(37)22-19-8-6-5-7-16(19)13-33(22)21(35)12-30-26(38)39-27(2,3)4/h10-11,15-17,19,22,34H,5-9,12-14H2,1-4H3,(H,30,38)(H,29,31,36)/t15?,16?,17?,19?,22-/m0/s1. The number of hydrogen-bond acceptors (Lipinski definition) is 7. The molecule has 4 rings (SSSR count). The van der Waals surface area contributed by atoms with Gasteiger partial charge in [-0.05, 0) is 58.8 Å². The average Bonchev–Trinajstić information content (AvgIpc) is 3.44. The summed E-state index contributed by atoms with van der Waals surface area (Å²) in [5.41, 5.74) is -0.700. The molecule has 39 heavy (non-hydrogen) atoms. The molecule has 4 amide bonds. The first-order valence-corrected chi connectivity index (χ1v) is 13.6. The summed E-state index contributed by atoms with van der Waals surface area (Å²) in [6.07, 6.45) is 4.41. The van der Waals surface area contributed by atoms with Gasteiger partial charge in [0.1, 0.15) is 24.0 Å². The van der Waals surface area contributed by atoms with Crippen molar-refractivity contribution in [3.63, 3.8) is 0 Å². The fourth-order valence-corrected chi connectivity index (χ4v) is 6.05. The largest absolute Gasteiger partial charge is 0.504 e. The van der Waals surface area contributed by atoms with Crippen LogP contribution in [0.25, 0.3) is 0 Å². The van der Waals surface area contributed by atoms with Gasteiger partial charge in [-0.15, -0.1) is 0 Å². The molecule has 1 aromatic heterocycles. The van der Waals surface area contributed by atoms with Gasteiger partial charge in [-0.2, -0.15) is 0 Å². The highest BCUT2D eigenvalue weighted by atomic mass is 19.1. The number of nitrogens with one attached hydrogen (secondary N) is 2. The number of halogens is 1. The first kappa shape index (κ1) is 28.6. The average molecular weight is 548 g/mol. The zero-order valence-electron chi connectivity index (χ0n) is 22.9. The van der Waals surface area contributed by atoms with Crippen molar-refractivity contribution in [1.29, 1.82) is 0 Å². The molecule has 214 valence electrons. The molecule has 12 heteroatoms. The summed E-state index contributed by atoms with van der Waals surface area (Å²) in [5.74, 6) is -2.64. The van der Waals surface area contributed by atoms with Crippen LogP contribution >= 0.6 is 0 Å². The van der Waals surface area contributed by atoms with Crippen LogP contribution in [0.1, 0.15) is 59.8 Å². The second kappa shape index (κ2) is 11.4. The number of nitrogens with zero attached hydrogens (tertiary/aromatic N) is 3. The number of carbonyl (C=O) groups is 4. The number of rotatable bonds is 5. The molecule has 2 aliphatic heterocycles. The van der Waals surface area contributed by atoms with E-state index in [0.29, 0.717) is 13.0 Å². The number of pyridine rings is 1. The van der Waals surface area contributed by atoms with Gasteiger partial charge in [-0.1, -0.05) is 12.8 Å². The van der Waals surface area contributed by atoms with Gasteiger partial charge in [-0.25, -0.2) is 14.2 Å². The lowest BCUT2D eigenvalue weighted by atomic mass is 9.78. The maximum absolute atomic E-state index is 14.0. The summed E-state index contributed by atoms with van der Waals surface area (Å²) in [4.78, 5) is 59.3. The van der Waals surface area contributed by atoms with E-state index < -0.39 is 41.1 Å². The highest BCUT2D eigenvalue weighted by Crippen LogP contribution is 2.42. The van der Waals surface area contributed by atoms with Crippen LogP contribution < -0.4 is 10.6 Å². The highest BCUT2D eigenvalue weighted by Gasteiger charge is 2.51. The first-order valence-electron chi connectivity index (χ1n) is 13.6. The number of hydrogen-bond donors (Lipinski definition) is 3. The minimum absolute atomic E-state index is 0.0252. The van der Waals surface area contributed by atoms with Gasteiger partial charge >= 0.3 is 6.09 Å². The maximum atomic E-state index is 14.0. The van der Waals surface area contributed by atoms with Crippen LogP contribution in [0.15, 0.2) is 12.3 Å². The van der Waals surface area contributed by atoms with Crippen molar-refractivity contribution in [3.8, 4) is 5.75 Å². The number of fused-ring (bicyclic) bond motifs is 1. The van der Waals surface area contributed by atoms with Gasteiger partial charge in [0.25, 0.3) is 0 Å². The van der Waals surface area contributed by atoms with E-state index in [1.165, 1.54) is 0 Å². The molecule has 3 N–H and O–H groups in total. The number of alkyl carbamates (subject to hydrolysis) is 1. The number of aromatic hydroxyl groups is 1. The van der Waals surface area contributed by atoms with E-state index in [2.05, 4.69) is 15.6 Å². The van der Waals surface area contributed by atoms with Crippen LogP contribution in [0.3, 0.4) is 0 Å². The Morgan fingerprint density at radius 2 is 1.87 bits per heavy atom.